The third-order valence-electron chi connectivity index (χ3n) is 8.07. The van der Waals surface area contributed by atoms with Gasteiger partial charge in [-0.2, -0.15) is 0 Å². The minimum absolute atomic E-state index is 0.00845. The van der Waals surface area contributed by atoms with Crippen LogP contribution in [0.3, 0.4) is 0 Å². The number of aliphatic hydroxyl groups is 1. The average Bonchev–Trinajstić information content (AvgIpc) is 3.01. The first-order valence-electron chi connectivity index (χ1n) is 18.9. The number of hydrogen-bond donors (Lipinski definition) is 2. The van der Waals surface area contributed by atoms with Gasteiger partial charge in [0.1, 0.15) is 13.2 Å². The Morgan fingerprint density at radius 3 is 1.77 bits per heavy atom. The van der Waals surface area contributed by atoms with E-state index in [4.69, 9.17) is 9.05 Å². The number of quaternary nitrogens is 1. The lowest BCUT2D eigenvalue weighted by molar-refractivity contribution is -0.870. The van der Waals surface area contributed by atoms with Crippen LogP contribution in [0.4, 0.5) is 0 Å². The number of allylic oxidation sites excluding steroid dienone is 5. The van der Waals surface area contributed by atoms with Crippen molar-refractivity contribution >= 4 is 13.7 Å². The van der Waals surface area contributed by atoms with Crippen LogP contribution < -0.4 is 10.2 Å². The maximum Gasteiger partial charge on any atom is 0.268 e. The fraction of sp³-hybridized carbons (Fsp3) is 0.816. The largest absolute Gasteiger partial charge is 0.756 e. The molecular formula is C38H73N2O6P. The maximum atomic E-state index is 12.7. The molecule has 0 spiro atoms. The van der Waals surface area contributed by atoms with Crippen LogP contribution in [0.2, 0.25) is 0 Å². The SMILES string of the molecule is CCCCC/C=C\CCCCCCCC(=O)NC(COP(=O)([O-])OCC[N+](C)(C)C)C(O)/C=C/CC/C=C/CCCCCCCCC. The number of phosphoric acid groups is 1. The van der Waals surface area contributed by atoms with Gasteiger partial charge in [0.05, 0.1) is 39.9 Å². The molecule has 9 heteroatoms. The fourth-order valence-corrected chi connectivity index (χ4v) is 5.71. The van der Waals surface area contributed by atoms with Gasteiger partial charge < -0.3 is 28.8 Å². The van der Waals surface area contributed by atoms with Crippen LogP contribution in [0.25, 0.3) is 0 Å². The van der Waals surface area contributed by atoms with E-state index in [0.29, 0.717) is 17.4 Å². The molecule has 0 aromatic heterocycles. The van der Waals surface area contributed by atoms with E-state index < -0.39 is 26.6 Å². The number of nitrogens with zero attached hydrogens (tertiary/aromatic N) is 1. The number of carbonyl (C=O) groups is 1. The molecule has 3 unspecified atom stereocenters. The number of unbranched alkanes of at least 4 members (excludes halogenated alkanes) is 16. The van der Waals surface area contributed by atoms with Crippen molar-refractivity contribution in [3.05, 3.63) is 36.5 Å². The first-order valence-corrected chi connectivity index (χ1v) is 20.3. The predicted molar refractivity (Wildman–Crippen MR) is 196 cm³/mol. The molecule has 0 rings (SSSR count). The van der Waals surface area contributed by atoms with Crippen molar-refractivity contribution in [2.45, 2.75) is 161 Å². The second-order valence-corrected chi connectivity index (χ2v) is 15.3. The molecule has 0 aromatic carbocycles. The highest BCUT2D eigenvalue weighted by Crippen LogP contribution is 2.38. The van der Waals surface area contributed by atoms with Gasteiger partial charge in [-0.15, -0.1) is 0 Å². The molecular weight excluding hydrogens is 611 g/mol. The van der Waals surface area contributed by atoms with Gasteiger partial charge in [0.25, 0.3) is 7.82 Å². The summed E-state index contributed by atoms with van der Waals surface area (Å²) in [4.78, 5) is 25.1. The van der Waals surface area contributed by atoms with Crippen LogP contribution >= 0.6 is 7.82 Å². The second kappa shape index (κ2) is 30.8. The highest BCUT2D eigenvalue weighted by molar-refractivity contribution is 7.45. The van der Waals surface area contributed by atoms with Crippen molar-refractivity contribution in [2.75, 3.05) is 40.9 Å². The molecule has 0 saturated carbocycles. The van der Waals surface area contributed by atoms with Crippen LogP contribution in [0.1, 0.15) is 149 Å². The van der Waals surface area contributed by atoms with E-state index in [9.17, 15) is 19.4 Å². The van der Waals surface area contributed by atoms with E-state index >= 15 is 0 Å². The van der Waals surface area contributed by atoms with E-state index in [-0.39, 0.29) is 12.5 Å². The maximum absolute atomic E-state index is 12.7. The predicted octanol–water partition coefficient (Wildman–Crippen LogP) is 8.94. The van der Waals surface area contributed by atoms with Gasteiger partial charge in [0.15, 0.2) is 0 Å². The number of nitrogens with one attached hydrogen (secondary N) is 1. The van der Waals surface area contributed by atoms with E-state index in [2.05, 4.69) is 43.5 Å². The molecule has 47 heavy (non-hydrogen) atoms. The number of amides is 1. The third-order valence-corrected chi connectivity index (χ3v) is 9.04. The zero-order chi connectivity index (χ0) is 35.1. The van der Waals surface area contributed by atoms with Crippen molar-refractivity contribution in [1.82, 2.24) is 5.32 Å². The molecule has 0 bridgehead atoms. The zero-order valence-corrected chi connectivity index (χ0v) is 31.9. The summed E-state index contributed by atoms with van der Waals surface area (Å²) in [5.74, 6) is -0.221. The number of carbonyl (C=O) groups excluding carboxylic acids is 1. The lowest BCUT2D eigenvalue weighted by Crippen LogP contribution is -2.45. The molecule has 0 aromatic rings. The normalized spacial score (nSPS) is 15.1. The highest BCUT2D eigenvalue weighted by atomic mass is 31.2. The van der Waals surface area contributed by atoms with E-state index in [1.54, 1.807) is 6.08 Å². The van der Waals surface area contributed by atoms with Gasteiger partial charge in [0, 0.05) is 6.42 Å². The molecule has 0 aliphatic carbocycles. The second-order valence-electron chi connectivity index (χ2n) is 13.9. The Morgan fingerprint density at radius 1 is 0.723 bits per heavy atom. The lowest BCUT2D eigenvalue weighted by atomic mass is 10.1. The minimum atomic E-state index is -4.59. The molecule has 276 valence electrons. The first kappa shape index (κ1) is 45.7. The number of hydrogen-bond acceptors (Lipinski definition) is 6. The number of aliphatic hydroxyl groups excluding tert-OH is 1. The molecule has 0 saturated heterocycles. The molecule has 0 heterocycles. The summed E-state index contributed by atoms with van der Waals surface area (Å²) in [6.07, 6.45) is 34.7. The van der Waals surface area contributed by atoms with Crippen molar-refractivity contribution in [3.63, 3.8) is 0 Å². The van der Waals surface area contributed by atoms with E-state index in [1.165, 1.54) is 70.6 Å². The van der Waals surface area contributed by atoms with Gasteiger partial charge in [-0.05, 0) is 57.8 Å². The molecule has 2 N–H and O–H groups in total. The van der Waals surface area contributed by atoms with Crippen LogP contribution in [0, 0.1) is 0 Å². The minimum Gasteiger partial charge on any atom is -0.756 e. The molecule has 8 nitrogen and oxygen atoms in total. The van der Waals surface area contributed by atoms with Crippen molar-refractivity contribution in [2.24, 2.45) is 0 Å². The summed E-state index contributed by atoms with van der Waals surface area (Å²) in [7, 11) is 1.23. The molecule has 0 aliphatic heterocycles. The summed E-state index contributed by atoms with van der Waals surface area (Å²) in [5, 5.41) is 13.6. The summed E-state index contributed by atoms with van der Waals surface area (Å²) in [5.41, 5.74) is 0. The van der Waals surface area contributed by atoms with E-state index in [1.807, 2.05) is 27.2 Å². The van der Waals surface area contributed by atoms with Crippen LogP contribution in [-0.4, -0.2) is 68.5 Å². The monoisotopic (exact) mass is 685 g/mol. The van der Waals surface area contributed by atoms with Crippen molar-refractivity contribution < 1.29 is 32.9 Å². The molecule has 0 aliphatic rings. The topological polar surface area (TPSA) is 108 Å². The molecule has 0 fully saturated rings. The Bertz CT molecular complexity index is 871. The Kier molecular flexibility index (Phi) is 29.9. The molecule has 1 amide bonds. The summed E-state index contributed by atoms with van der Waals surface area (Å²) in [6, 6.07) is -0.903. The van der Waals surface area contributed by atoms with Crippen molar-refractivity contribution in [3.8, 4) is 0 Å². The third kappa shape index (κ3) is 33.0. The van der Waals surface area contributed by atoms with Crippen molar-refractivity contribution in [1.29, 1.82) is 0 Å². The Balaban J connectivity index is 4.63. The number of phosphoric ester groups is 1. The van der Waals surface area contributed by atoms with Crippen LogP contribution in [0.15, 0.2) is 36.5 Å². The molecule has 3 atom stereocenters. The lowest BCUT2D eigenvalue weighted by Gasteiger charge is -2.29. The smallest absolute Gasteiger partial charge is 0.268 e. The van der Waals surface area contributed by atoms with Gasteiger partial charge >= 0.3 is 0 Å². The average molecular weight is 685 g/mol. The van der Waals surface area contributed by atoms with Gasteiger partial charge in [-0.3, -0.25) is 9.36 Å². The Hall–Kier alpha value is -1.28. The summed E-state index contributed by atoms with van der Waals surface area (Å²) < 4.78 is 23.0. The first-order chi connectivity index (χ1) is 22.5. The van der Waals surface area contributed by atoms with Gasteiger partial charge in [-0.1, -0.05) is 121 Å². The zero-order valence-electron chi connectivity index (χ0n) is 31.0. The number of likely N-dealkylation sites (N-methyl/N-ethyl adjacent to an activating group) is 1. The Morgan fingerprint density at radius 2 is 1.19 bits per heavy atom. The molecule has 0 radical (unpaired) electrons. The summed E-state index contributed by atoms with van der Waals surface area (Å²) in [6.45, 7) is 4.55. The Labute approximate surface area is 289 Å². The summed E-state index contributed by atoms with van der Waals surface area (Å²) >= 11 is 0. The van der Waals surface area contributed by atoms with Gasteiger partial charge in [-0.25, -0.2) is 0 Å². The van der Waals surface area contributed by atoms with E-state index in [0.717, 1.165) is 57.8 Å². The quantitative estimate of drug-likeness (QED) is 0.0309. The fourth-order valence-electron chi connectivity index (χ4n) is 4.98. The standard InChI is InChI=1S/C38H73N2O6P/c1-6-8-10-12-14-16-18-20-21-23-25-27-29-31-37(41)36(35-46-47(43,44)45-34-33-40(3,4)5)39-38(42)32-30-28-26-24-22-19-17-15-13-11-9-7-2/h15,17,21,23,29,31,36-37,41H,6-14,16,18-20,22,24-28,30,32-35H2,1-5H3,(H-,39,42,43,44)/b17-15-,23-21+,31-29+. The number of rotatable bonds is 33. The van der Waals surface area contributed by atoms with Crippen LogP contribution in [-0.2, 0) is 18.4 Å². The van der Waals surface area contributed by atoms with Crippen LogP contribution in [0.5, 0.6) is 0 Å². The highest BCUT2D eigenvalue weighted by Gasteiger charge is 2.23. The van der Waals surface area contributed by atoms with Gasteiger partial charge in [0.2, 0.25) is 5.91 Å².